The number of rotatable bonds is 1. The van der Waals surface area contributed by atoms with Crippen LogP contribution in [0, 0.1) is 6.92 Å². The molecule has 1 amide bonds. The highest BCUT2D eigenvalue weighted by Gasteiger charge is 2.07. The van der Waals surface area contributed by atoms with Crippen molar-refractivity contribution in [2.75, 3.05) is 0 Å². The third kappa shape index (κ3) is 2.46. The van der Waals surface area contributed by atoms with Crippen LogP contribution in [0.15, 0.2) is 23.2 Å². The average molecular weight is 212 g/mol. The van der Waals surface area contributed by atoms with Crippen LogP contribution in [-0.2, 0) is 0 Å². The van der Waals surface area contributed by atoms with E-state index in [0.717, 1.165) is 5.56 Å². The van der Waals surface area contributed by atoms with Crippen LogP contribution in [0.5, 0.6) is 0 Å². The van der Waals surface area contributed by atoms with Crippen molar-refractivity contribution in [3.05, 3.63) is 34.3 Å². The van der Waals surface area contributed by atoms with E-state index in [1.165, 1.54) is 0 Å². The molecule has 0 aromatic heterocycles. The molecule has 0 radical (unpaired) electrons. The first-order valence-electron chi connectivity index (χ1n) is 3.53. The maximum absolute atomic E-state index is 11.3. The van der Waals surface area contributed by atoms with E-state index < -0.39 is 5.91 Å². The third-order valence-corrected chi connectivity index (χ3v) is 1.90. The van der Waals surface area contributed by atoms with Gasteiger partial charge in [0, 0.05) is 10.6 Å². The highest BCUT2D eigenvalue weighted by molar-refractivity contribution is 7.78. The topological polar surface area (TPSA) is 29.4 Å². The zero-order valence-electron chi connectivity index (χ0n) is 6.87. The smallest absolute Gasteiger partial charge is 0.266 e. The minimum atomic E-state index is -0.407. The number of nitrogens with zero attached hydrogens (tertiary/aromatic N) is 1. The minimum Gasteiger partial charge on any atom is -0.266 e. The third-order valence-electron chi connectivity index (χ3n) is 1.58. The summed E-state index contributed by atoms with van der Waals surface area (Å²) in [4.78, 5) is 14.6. The van der Waals surface area contributed by atoms with Crippen molar-refractivity contribution in [1.82, 2.24) is 0 Å². The van der Waals surface area contributed by atoms with Gasteiger partial charge in [-0.25, -0.2) is 0 Å². The molecule has 0 atom stereocenters. The van der Waals surface area contributed by atoms with Crippen LogP contribution in [0.1, 0.15) is 15.9 Å². The van der Waals surface area contributed by atoms with Crippen molar-refractivity contribution in [1.29, 1.82) is 0 Å². The number of hydrogen-bond acceptors (Lipinski definition) is 2. The van der Waals surface area contributed by atoms with Crippen molar-refractivity contribution in [3.63, 3.8) is 0 Å². The molecule has 0 N–H and O–H groups in total. The molecule has 13 heavy (non-hydrogen) atoms. The van der Waals surface area contributed by atoms with Crippen LogP contribution in [0.4, 0.5) is 0 Å². The Labute approximate surface area is 86.2 Å². The second kappa shape index (κ2) is 4.28. The first kappa shape index (κ1) is 10.1. The van der Waals surface area contributed by atoms with Crippen molar-refractivity contribution in [2.24, 2.45) is 4.99 Å². The highest BCUT2D eigenvalue weighted by atomic mass is 35.5. The molecule has 0 spiro atoms. The molecule has 2 nitrogen and oxygen atoms in total. The molecule has 0 fully saturated rings. The quantitative estimate of drug-likeness (QED) is 0.528. The molecule has 1 rings (SSSR count). The Bertz CT molecular complexity index is 397. The molecule has 0 aliphatic carbocycles. The summed E-state index contributed by atoms with van der Waals surface area (Å²) in [7, 11) is 0. The lowest BCUT2D eigenvalue weighted by Crippen LogP contribution is -1.97. The van der Waals surface area contributed by atoms with E-state index in [9.17, 15) is 4.79 Å². The van der Waals surface area contributed by atoms with Gasteiger partial charge in [-0.2, -0.15) is 4.99 Å². The molecule has 0 aliphatic heterocycles. The normalized spacial score (nSPS) is 9.08. The van der Waals surface area contributed by atoms with Gasteiger partial charge in [-0.3, -0.25) is 4.79 Å². The van der Waals surface area contributed by atoms with E-state index >= 15 is 0 Å². The fraction of sp³-hybridized carbons (Fsp3) is 0.111. The van der Waals surface area contributed by atoms with Gasteiger partial charge in [0.05, 0.1) is 5.16 Å². The van der Waals surface area contributed by atoms with E-state index in [2.05, 4.69) is 17.2 Å². The number of carbonyl (C=O) groups is 1. The van der Waals surface area contributed by atoms with Gasteiger partial charge in [0.1, 0.15) is 0 Å². The molecule has 1 aromatic carbocycles. The molecule has 1 aromatic rings. The molecule has 0 heterocycles. The minimum absolute atomic E-state index is 0.407. The van der Waals surface area contributed by atoms with E-state index in [-0.39, 0.29) is 0 Å². The van der Waals surface area contributed by atoms with Gasteiger partial charge in [-0.05, 0) is 36.8 Å². The van der Waals surface area contributed by atoms with Gasteiger partial charge >= 0.3 is 0 Å². The van der Waals surface area contributed by atoms with Gasteiger partial charge in [-0.15, -0.1) is 0 Å². The van der Waals surface area contributed by atoms with Crippen molar-refractivity contribution < 1.29 is 4.79 Å². The number of hydrogen-bond donors (Lipinski definition) is 0. The van der Waals surface area contributed by atoms with Crippen LogP contribution < -0.4 is 0 Å². The van der Waals surface area contributed by atoms with E-state index in [4.69, 9.17) is 11.6 Å². The lowest BCUT2D eigenvalue weighted by atomic mass is 10.1. The highest BCUT2D eigenvalue weighted by Crippen LogP contribution is 2.15. The van der Waals surface area contributed by atoms with Crippen LogP contribution in [-0.4, -0.2) is 11.1 Å². The lowest BCUT2D eigenvalue weighted by molar-refractivity contribution is 0.100. The summed E-state index contributed by atoms with van der Waals surface area (Å²) in [6.07, 6.45) is 0. The fourth-order valence-corrected chi connectivity index (χ4v) is 1.18. The first-order valence-corrected chi connectivity index (χ1v) is 4.32. The maximum Gasteiger partial charge on any atom is 0.286 e. The van der Waals surface area contributed by atoms with Gasteiger partial charge in [0.2, 0.25) is 0 Å². The summed E-state index contributed by atoms with van der Waals surface area (Å²) >= 11 is 10.1. The zero-order valence-corrected chi connectivity index (χ0v) is 8.45. The van der Waals surface area contributed by atoms with Gasteiger partial charge in [0.25, 0.3) is 5.91 Å². The number of aliphatic imine (C=N–C) groups is 1. The van der Waals surface area contributed by atoms with Crippen LogP contribution in [0.3, 0.4) is 0 Å². The Hall–Kier alpha value is -1.02. The molecule has 0 bridgehead atoms. The number of aryl methyl sites for hydroxylation is 1. The molecule has 0 aliphatic rings. The summed E-state index contributed by atoms with van der Waals surface area (Å²) in [5.74, 6) is -0.407. The first-order chi connectivity index (χ1) is 6.15. The Balaban J connectivity index is 3.20. The number of halogens is 1. The molecular formula is C9H6ClNOS. The molecule has 0 unspecified atom stereocenters. The Morgan fingerprint density at radius 1 is 1.62 bits per heavy atom. The molecule has 66 valence electrons. The fourth-order valence-electron chi connectivity index (χ4n) is 0.926. The van der Waals surface area contributed by atoms with Crippen molar-refractivity contribution in [2.45, 2.75) is 6.92 Å². The summed E-state index contributed by atoms with van der Waals surface area (Å²) in [5.41, 5.74) is 1.29. The maximum atomic E-state index is 11.3. The Morgan fingerprint density at radius 3 is 2.92 bits per heavy atom. The Morgan fingerprint density at radius 2 is 2.31 bits per heavy atom. The number of thiocarbonyl (C=S) groups is 1. The van der Waals surface area contributed by atoms with Gasteiger partial charge in [-0.1, -0.05) is 17.7 Å². The monoisotopic (exact) mass is 211 g/mol. The van der Waals surface area contributed by atoms with E-state index in [1.807, 2.05) is 12.1 Å². The summed E-state index contributed by atoms with van der Waals surface area (Å²) in [6.45, 7) is 1.81. The predicted molar refractivity (Wildman–Crippen MR) is 55.5 cm³/mol. The second-order valence-electron chi connectivity index (χ2n) is 2.47. The second-order valence-corrected chi connectivity index (χ2v) is 3.09. The SMILES string of the molecule is Cc1ccc(Cl)cc1C(=O)N=C=S. The predicted octanol–water partition coefficient (Wildman–Crippen LogP) is 2.89. The molecule has 0 saturated carbocycles. The molecule has 0 saturated heterocycles. The van der Waals surface area contributed by atoms with Crippen LogP contribution in [0.25, 0.3) is 0 Å². The molecular weight excluding hydrogens is 206 g/mol. The number of carbonyl (C=O) groups excluding carboxylic acids is 1. The van der Waals surface area contributed by atoms with Crippen molar-refractivity contribution in [3.8, 4) is 0 Å². The standard InChI is InChI=1S/C9H6ClNOS/c1-6-2-3-7(10)4-8(6)9(12)11-5-13/h2-4H,1H3. The summed E-state index contributed by atoms with van der Waals surface area (Å²) < 4.78 is 0. The summed E-state index contributed by atoms with van der Waals surface area (Å²) in [6, 6.07) is 5.04. The average Bonchev–Trinajstić information content (AvgIpc) is 2.09. The van der Waals surface area contributed by atoms with E-state index in [0.29, 0.717) is 10.6 Å². The largest absolute Gasteiger partial charge is 0.286 e. The van der Waals surface area contributed by atoms with E-state index in [1.54, 1.807) is 18.2 Å². The van der Waals surface area contributed by atoms with Gasteiger partial charge in [0.15, 0.2) is 0 Å². The lowest BCUT2D eigenvalue weighted by Gasteiger charge is -1.99. The number of benzene rings is 1. The zero-order chi connectivity index (χ0) is 9.84. The Kier molecular flexibility index (Phi) is 3.32. The van der Waals surface area contributed by atoms with Crippen molar-refractivity contribution >= 4 is 34.9 Å². The number of isothiocyanates is 1. The summed E-state index contributed by atoms with van der Waals surface area (Å²) in [5, 5.41) is 2.54. The number of amides is 1. The van der Waals surface area contributed by atoms with Gasteiger partial charge < -0.3 is 0 Å². The van der Waals surface area contributed by atoms with Crippen LogP contribution >= 0.6 is 23.8 Å². The van der Waals surface area contributed by atoms with Crippen LogP contribution in [0.2, 0.25) is 5.02 Å². The molecule has 4 heteroatoms.